The number of aromatic nitrogens is 12. The second-order valence-electron chi connectivity index (χ2n) is 22.1. The second kappa shape index (κ2) is 38.6. The second-order valence-corrected chi connectivity index (χ2v) is 23.2. The highest BCUT2D eigenvalue weighted by Crippen LogP contribution is 2.42. The fourth-order valence-electron chi connectivity index (χ4n) is 11.1. The summed E-state index contributed by atoms with van der Waals surface area (Å²) in [4.78, 5) is 40.9. The lowest BCUT2D eigenvalue weighted by atomic mass is 10.2. The number of nitrogens with two attached hydrogens (primary N) is 1. The lowest BCUT2D eigenvalue weighted by molar-refractivity contribution is 0.255. The van der Waals surface area contributed by atoms with E-state index in [0.717, 1.165) is 82.1 Å². The van der Waals surface area contributed by atoms with Gasteiger partial charge in [0.2, 0.25) is 33.8 Å². The van der Waals surface area contributed by atoms with E-state index in [0.29, 0.717) is 105 Å². The highest BCUT2D eigenvalue weighted by atomic mass is 35.5. The average molecular weight is 1510 g/mol. The van der Waals surface area contributed by atoms with Gasteiger partial charge in [0.05, 0.1) is 135 Å². The van der Waals surface area contributed by atoms with Crippen LogP contribution in [-0.4, -0.2) is 171 Å². The Morgan fingerprint density at radius 2 is 0.885 bits per heavy atom. The molecular weight excluding hydrogens is 1420 g/mol. The van der Waals surface area contributed by atoms with Gasteiger partial charge in [0.1, 0.15) is 53.2 Å². The average Bonchev–Trinajstić information content (AvgIpc) is 1.45. The molecule has 2 atom stereocenters. The molecule has 2 aliphatic rings. The number of nitrogens with zero attached hydrogens (tertiary/aromatic N) is 13. The van der Waals surface area contributed by atoms with Crippen LogP contribution in [0.25, 0.3) is 49.8 Å². The van der Waals surface area contributed by atoms with Gasteiger partial charge in [-0.2, -0.15) is 9.97 Å². The maximum atomic E-state index is 9.78. The lowest BCUT2D eigenvalue weighted by Crippen LogP contribution is -2.33. The number of halogens is 4. The van der Waals surface area contributed by atoms with Crippen molar-refractivity contribution in [1.82, 2.24) is 63.9 Å². The topological polar surface area (TPSA) is 320 Å². The molecule has 0 amide bonds. The largest absolute Gasteiger partial charge is 0.493 e. The third kappa shape index (κ3) is 19.4. The molecule has 32 heteroatoms. The summed E-state index contributed by atoms with van der Waals surface area (Å²) in [5.74, 6) is 8.50. The Morgan fingerprint density at radius 1 is 0.481 bits per heavy atom. The van der Waals surface area contributed by atoms with E-state index >= 15 is 0 Å². The highest BCUT2D eigenvalue weighted by molar-refractivity contribution is 6.35. The predicted molar refractivity (Wildman–Crippen MR) is 411 cm³/mol. The minimum absolute atomic E-state index is 0. The number of nitrogen functional groups attached to an aromatic ring is 1. The molecule has 104 heavy (non-hydrogen) atoms. The van der Waals surface area contributed by atoms with Gasteiger partial charge >= 0.3 is 0 Å². The van der Waals surface area contributed by atoms with Crippen molar-refractivity contribution < 1.29 is 52.8 Å². The molecule has 6 aromatic carbocycles. The number of para-hydroxylation sites is 3. The van der Waals surface area contributed by atoms with Crippen LogP contribution in [-0.2, 0) is 0 Å². The molecule has 14 rings (SSSR count). The number of fused-ring (bicyclic) bond motifs is 3. The minimum atomic E-state index is 0. The molecule has 0 unspecified atom stereocenters. The molecule has 6 aromatic heterocycles. The summed E-state index contributed by atoms with van der Waals surface area (Å²) in [5.41, 5.74) is 10.4. The van der Waals surface area contributed by atoms with E-state index in [1.165, 1.54) is 6.42 Å². The number of imidazole rings is 3. The molecule has 0 spiro atoms. The van der Waals surface area contributed by atoms with Crippen molar-refractivity contribution >= 4 is 115 Å². The van der Waals surface area contributed by atoms with Crippen LogP contribution in [0.15, 0.2) is 147 Å². The van der Waals surface area contributed by atoms with E-state index in [2.05, 4.69) is 55.7 Å². The third-order valence-electron chi connectivity index (χ3n) is 16.0. The first-order valence-corrected chi connectivity index (χ1v) is 32.6. The van der Waals surface area contributed by atoms with E-state index in [-0.39, 0.29) is 50.5 Å². The van der Waals surface area contributed by atoms with Gasteiger partial charge in [0.15, 0.2) is 34.5 Å². The Labute approximate surface area is 623 Å². The molecular formula is C72H85Cl4N17O11. The Bertz CT molecular complexity index is 4680. The molecule has 0 aliphatic carbocycles. The van der Waals surface area contributed by atoms with Gasteiger partial charge in [-0.1, -0.05) is 62.9 Å². The number of rotatable bonds is 19. The zero-order valence-electron chi connectivity index (χ0n) is 57.2. The van der Waals surface area contributed by atoms with Gasteiger partial charge < -0.3 is 93.1 Å². The van der Waals surface area contributed by atoms with Crippen LogP contribution < -0.4 is 69.2 Å². The summed E-state index contributed by atoms with van der Waals surface area (Å²) in [7, 11) is 14.2. The zero-order valence-corrected chi connectivity index (χ0v) is 60.3. The maximum absolute atomic E-state index is 9.78. The summed E-state index contributed by atoms with van der Waals surface area (Å²) in [6.45, 7) is 2.29. The van der Waals surface area contributed by atoms with Gasteiger partial charge in [-0.25, -0.2) is 34.9 Å². The fourth-order valence-corrected chi connectivity index (χ4v) is 11.7. The monoisotopic (exact) mass is 1500 g/mol. The van der Waals surface area contributed by atoms with E-state index in [9.17, 15) is 5.11 Å². The Morgan fingerprint density at radius 3 is 1.28 bits per heavy atom. The van der Waals surface area contributed by atoms with Crippen molar-refractivity contribution in [3.05, 3.63) is 162 Å². The SMILES string of the molecule is C.C.COc1cc(-n2cnc(N)c2)cc(OC)c1OC.COc1cc(-n2cnc(Nc3nc(Cl)nc4ccccc34)c2)cc(OC)c1OC.COc1cc(-n2cnc(Nc3nc(N4CCC[C@H]4CO)nc4ccccc34)c2)cc(OC)c1OC.Cl.Clc1nc(Cl)c2ccccc2n1.OC[C@@H]1CCCN1. The van der Waals surface area contributed by atoms with Crippen LogP contribution >= 0.6 is 47.2 Å². The highest BCUT2D eigenvalue weighted by Gasteiger charge is 2.27. The smallest absolute Gasteiger partial charge is 0.228 e. The Hall–Kier alpha value is -10.6. The van der Waals surface area contributed by atoms with Gasteiger partial charge in [0, 0.05) is 65.1 Å². The molecule has 8 heterocycles. The van der Waals surface area contributed by atoms with Crippen molar-refractivity contribution in [2.75, 3.05) is 112 Å². The first kappa shape index (κ1) is 80.7. The van der Waals surface area contributed by atoms with Crippen molar-refractivity contribution in [3.63, 3.8) is 0 Å². The molecule has 12 aromatic rings. The molecule has 0 bridgehead atoms. The summed E-state index contributed by atoms with van der Waals surface area (Å²) >= 11 is 17.5. The number of nitrogens with one attached hydrogen (secondary N) is 3. The van der Waals surface area contributed by atoms with Gasteiger partial charge in [-0.05, 0) is 91.8 Å². The van der Waals surface area contributed by atoms with E-state index in [4.69, 9.17) is 98.2 Å². The fraction of sp³-hybridized carbons (Fsp3) is 0.292. The molecule has 7 N–H and O–H groups in total. The Balaban J connectivity index is 0.000000196. The quantitative estimate of drug-likeness (QED) is 0.0324. The summed E-state index contributed by atoms with van der Waals surface area (Å²) in [5, 5.41) is 31.3. The van der Waals surface area contributed by atoms with Crippen LogP contribution in [0, 0.1) is 0 Å². The van der Waals surface area contributed by atoms with Crippen molar-refractivity contribution in [3.8, 4) is 68.8 Å². The first-order valence-electron chi connectivity index (χ1n) is 31.5. The summed E-state index contributed by atoms with van der Waals surface area (Å²) < 4.78 is 53.9. The molecule has 0 saturated carbocycles. The third-order valence-corrected chi connectivity index (χ3v) is 16.7. The normalized spacial score (nSPS) is 13.3. The Kier molecular flexibility index (Phi) is 30.0. The van der Waals surface area contributed by atoms with Crippen molar-refractivity contribution in [1.29, 1.82) is 0 Å². The number of hydrogen-bond acceptors (Lipinski definition) is 25. The summed E-state index contributed by atoms with van der Waals surface area (Å²) in [6, 6.07) is 34.4. The number of ether oxygens (including phenoxy) is 9. The zero-order chi connectivity index (χ0) is 71.5. The van der Waals surface area contributed by atoms with Gasteiger partial charge in [-0.3, -0.25) is 0 Å². The van der Waals surface area contributed by atoms with Crippen molar-refractivity contribution in [2.45, 2.75) is 52.6 Å². The van der Waals surface area contributed by atoms with Crippen LogP contribution in [0.4, 0.5) is 35.0 Å². The van der Waals surface area contributed by atoms with Crippen LogP contribution in [0.1, 0.15) is 40.5 Å². The molecule has 28 nitrogen and oxygen atoms in total. The first-order chi connectivity index (χ1) is 49.2. The molecule has 2 saturated heterocycles. The minimum Gasteiger partial charge on any atom is -0.493 e. The summed E-state index contributed by atoms with van der Waals surface area (Å²) in [6.07, 6.45) is 14.7. The van der Waals surface area contributed by atoms with Crippen LogP contribution in [0.3, 0.4) is 0 Å². The van der Waals surface area contributed by atoms with Crippen LogP contribution in [0.2, 0.25) is 15.7 Å². The number of anilines is 6. The number of aliphatic hydroxyl groups is 2. The number of aliphatic hydroxyl groups excluding tert-OH is 2. The van der Waals surface area contributed by atoms with Gasteiger partial charge in [0.25, 0.3) is 0 Å². The maximum Gasteiger partial charge on any atom is 0.228 e. The standard InChI is InChI=1S/C25H28N6O4.C20H18ClN5O3.C12H15N3O3.C8H4Cl2N2.C5H11NO.2CH4.ClH/c1-33-20-11-17(12-21(34-2)23(20)35-3)30-13-22(26-15-30)28-24-18-8-4-5-9-19(18)27-25(29-24)31-10-6-7-16(31)14-32;1-27-15-8-12(9-16(28-2)18(15)29-3)26-10-17(22-11-26)24-19-13-6-4-5-7-14(13)23-20(21)25-19;1-16-9-4-8(15-6-11(13)14-7-15)5-10(17-2)12(9)18-3;9-7-5-3-1-2-4-6(5)11-8(10)12-7;7-4-5-2-1-3-6-5;;;/h4-5,8-9,11-13,15-16,32H,6-7,10,14H2,1-3H3,(H,27,28,29);4-11H,1-3H3,(H,23,24,25);4-7H,13H2,1-3H3;1-4H;5-7H,1-4H2;2*1H4;1H/t16-;;;;5-;;;/m0...0.../s1. The molecule has 552 valence electrons. The molecule has 2 fully saturated rings. The van der Waals surface area contributed by atoms with Crippen molar-refractivity contribution in [2.24, 2.45) is 0 Å². The van der Waals surface area contributed by atoms with E-state index < -0.39 is 0 Å². The van der Waals surface area contributed by atoms with Gasteiger partial charge in [-0.15, -0.1) is 12.4 Å². The van der Waals surface area contributed by atoms with E-state index in [1.54, 1.807) is 93.7 Å². The van der Waals surface area contributed by atoms with Crippen LogP contribution in [0.5, 0.6) is 51.7 Å². The number of benzene rings is 6. The molecule has 2 aliphatic heterocycles. The molecule has 0 radical (unpaired) electrons. The lowest BCUT2D eigenvalue weighted by Gasteiger charge is -2.23. The predicted octanol–water partition coefficient (Wildman–Crippen LogP) is 13.6. The number of methoxy groups -OCH3 is 9. The number of hydrogen-bond donors (Lipinski definition) is 6. The van der Waals surface area contributed by atoms with E-state index in [1.807, 2.05) is 131 Å².